The maximum Gasteiger partial charge on any atom is 0.217 e. The summed E-state index contributed by atoms with van der Waals surface area (Å²) in [6, 6.07) is 18.1. The summed E-state index contributed by atoms with van der Waals surface area (Å²) in [5.74, 6) is -0.790. The van der Waals surface area contributed by atoms with Crippen LogP contribution < -0.4 is 18.9 Å². The van der Waals surface area contributed by atoms with Crippen LogP contribution in [0.15, 0.2) is 66.9 Å². The summed E-state index contributed by atoms with van der Waals surface area (Å²) < 4.78 is 38.3. The number of benzene rings is 2. The Balaban J connectivity index is 2.10. The molecule has 8 nitrogen and oxygen atoms in total. The first kappa shape index (κ1) is 30.7. The van der Waals surface area contributed by atoms with E-state index in [9.17, 15) is 5.11 Å². The third-order valence-electron chi connectivity index (χ3n) is 7.37. The van der Waals surface area contributed by atoms with Gasteiger partial charge in [-0.15, -0.1) is 0 Å². The molecule has 0 saturated carbocycles. The van der Waals surface area contributed by atoms with Gasteiger partial charge in [0.25, 0.3) is 0 Å². The minimum absolute atomic E-state index is 0.0547. The van der Waals surface area contributed by atoms with Crippen LogP contribution in [0.4, 0.5) is 4.39 Å². The first-order valence-corrected chi connectivity index (χ1v) is 13.6. The number of hydrogen-bond donors (Lipinski definition) is 1. The quantitative estimate of drug-likeness (QED) is 0.234. The van der Waals surface area contributed by atoms with Crippen LogP contribution in [0.5, 0.6) is 23.4 Å². The summed E-state index contributed by atoms with van der Waals surface area (Å²) in [5, 5.41) is 13.0. The Kier molecular flexibility index (Phi) is 9.65. The van der Waals surface area contributed by atoms with Gasteiger partial charge in [0.15, 0.2) is 11.6 Å². The van der Waals surface area contributed by atoms with E-state index in [1.54, 1.807) is 36.5 Å². The van der Waals surface area contributed by atoms with Gasteiger partial charge in [-0.2, -0.15) is 4.98 Å². The molecular weight excluding hydrogens is 537 g/mol. The van der Waals surface area contributed by atoms with Crippen molar-refractivity contribution in [3.8, 4) is 34.5 Å². The zero-order valence-corrected chi connectivity index (χ0v) is 25.1. The summed E-state index contributed by atoms with van der Waals surface area (Å²) in [4.78, 5) is 10.9. The minimum atomic E-state index is -1.72. The Hall–Kier alpha value is -4.21. The molecule has 0 aliphatic heterocycles. The Morgan fingerprint density at radius 3 is 2.14 bits per heavy atom. The van der Waals surface area contributed by atoms with Gasteiger partial charge in [-0.1, -0.05) is 42.0 Å². The largest absolute Gasteiger partial charge is 0.494 e. The number of aromatic nitrogens is 2. The fourth-order valence-electron chi connectivity index (χ4n) is 5.21. The van der Waals surface area contributed by atoms with Gasteiger partial charge in [-0.3, -0.25) is 0 Å². The van der Waals surface area contributed by atoms with Crippen molar-refractivity contribution in [2.45, 2.75) is 24.9 Å². The summed E-state index contributed by atoms with van der Waals surface area (Å²) in [6.07, 6.45) is 1.92. The number of ether oxygens (including phenoxy) is 4. The molecule has 222 valence electrons. The lowest BCUT2D eigenvalue weighted by Gasteiger charge is -2.39. The van der Waals surface area contributed by atoms with Crippen LogP contribution in [0.1, 0.15) is 34.6 Å². The lowest BCUT2D eigenvalue weighted by molar-refractivity contribution is 0.00229. The van der Waals surface area contributed by atoms with Gasteiger partial charge in [0.1, 0.15) is 5.60 Å². The van der Waals surface area contributed by atoms with Gasteiger partial charge < -0.3 is 29.0 Å². The Bertz CT molecular complexity index is 1510. The SMILES string of the molecule is COc1cc(C(O)(CCN(C)C)C(c2cc(-c3cccc(C)c3)cnc2OC)c2cccc(OC)c2F)cc(OC)n1. The van der Waals surface area contributed by atoms with E-state index in [1.807, 2.05) is 56.3 Å². The van der Waals surface area contributed by atoms with E-state index in [-0.39, 0.29) is 35.4 Å². The van der Waals surface area contributed by atoms with Crippen LogP contribution >= 0.6 is 0 Å². The molecule has 0 aliphatic carbocycles. The number of halogens is 1. The minimum Gasteiger partial charge on any atom is -0.494 e. The molecule has 4 aromatic rings. The Labute approximate surface area is 246 Å². The van der Waals surface area contributed by atoms with Crippen LogP contribution in [-0.4, -0.2) is 69.1 Å². The lowest BCUT2D eigenvalue weighted by Crippen LogP contribution is -2.38. The average molecular weight is 576 g/mol. The molecular formula is C33H38FN3O5. The molecule has 2 aromatic carbocycles. The highest BCUT2D eigenvalue weighted by molar-refractivity contribution is 5.66. The third kappa shape index (κ3) is 6.32. The van der Waals surface area contributed by atoms with Gasteiger partial charge in [0.2, 0.25) is 17.6 Å². The molecule has 0 bridgehead atoms. The van der Waals surface area contributed by atoms with E-state index in [4.69, 9.17) is 18.9 Å². The summed E-state index contributed by atoms with van der Waals surface area (Å²) in [5.41, 5.74) is 2.23. The maximum absolute atomic E-state index is 16.3. The van der Waals surface area contributed by atoms with Crippen LogP contribution in [-0.2, 0) is 5.60 Å². The Morgan fingerprint density at radius 2 is 1.55 bits per heavy atom. The molecule has 4 rings (SSSR count). The van der Waals surface area contributed by atoms with Crippen LogP contribution in [0.2, 0.25) is 0 Å². The second-order valence-electron chi connectivity index (χ2n) is 10.4. The molecule has 0 radical (unpaired) electrons. The smallest absolute Gasteiger partial charge is 0.217 e. The molecule has 0 saturated heterocycles. The number of nitrogens with zero attached hydrogens (tertiary/aromatic N) is 3. The predicted octanol–water partition coefficient (Wildman–Crippen LogP) is 5.60. The van der Waals surface area contributed by atoms with Gasteiger partial charge >= 0.3 is 0 Å². The first-order valence-electron chi connectivity index (χ1n) is 13.6. The van der Waals surface area contributed by atoms with Crippen molar-refractivity contribution in [1.82, 2.24) is 14.9 Å². The number of rotatable bonds is 12. The molecule has 0 fully saturated rings. The van der Waals surface area contributed by atoms with Gasteiger partial charge in [0, 0.05) is 41.6 Å². The molecule has 0 aliphatic rings. The molecule has 9 heteroatoms. The zero-order valence-electron chi connectivity index (χ0n) is 25.1. The summed E-state index contributed by atoms with van der Waals surface area (Å²) >= 11 is 0. The highest BCUT2D eigenvalue weighted by Crippen LogP contribution is 2.49. The van der Waals surface area contributed by atoms with Crippen molar-refractivity contribution in [3.05, 3.63) is 94.9 Å². The number of hydrogen-bond acceptors (Lipinski definition) is 8. The normalized spacial score (nSPS) is 13.4. The highest BCUT2D eigenvalue weighted by Gasteiger charge is 2.44. The van der Waals surface area contributed by atoms with Gasteiger partial charge in [-0.25, -0.2) is 9.37 Å². The van der Waals surface area contributed by atoms with E-state index in [2.05, 4.69) is 9.97 Å². The van der Waals surface area contributed by atoms with Crippen LogP contribution in [0.3, 0.4) is 0 Å². The molecule has 42 heavy (non-hydrogen) atoms. The maximum atomic E-state index is 16.3. The summed E-state index contributed by atoms with van der Waals surface area (Å²) in [6.45, 7) is 2.48. The van der Waals surface area contributed by atoms with Crippen molar-refractivity contribution in [2.75, 3.05) is 49.1 Å². The number of aliphatic hydroxyl groups is 1. The predicted molar refractivity (Wildman–Crippen MR) is 160 cm³/mol. The van der Waals surface area contributed by atoms with Crippen LogP contribution in [0.25, 0.3) is 11.1 Å². The number of methoxy groups -OCH3 is 4. The molecule has 2 unspecified atom stereocenters. The number of aryl methyl sites for hydroxylation is 1. The first-order chi connectivity index (χ1) is 20.1. The van der Waals surface area contributed by atoms with Crippen molar-refractivity contribution < 1.29 is 28.4 Å². The second kappa shape index (κ2) is 13.2. The monoisotopic (exact) mass is 575 g/mol. The summed E-state index contributed by atoms with van der Waals surface area (Å²) in [7, 11) is 9.72. The molecule has 2 atom stereocenters. The molecule has 2 heterocycles. The molecule has 2 aromatic heterocycles. The fourth-order valence-corrected chi connectivity index (χ4v) is 5.21. The number of pyridine rings is 2. The standard InChI is InChI=1S/C33H38FN3O5/c1-21-10-8-11-22(16-21)23-17-26(32(42-7)35-20-23)30(25-12-9-13-27(39-4)31(25)34)33(38,14-15-37(2)3)24-18-28(40-5)36-29(19-24)41-6/h8-13,16-20,30,38H,14-15H2,1-7H3. The molecule has 1 N–H and O–H groups in total. The van der Waals surface area contributed by atoms with E-state index < -0.39 is 17.3 Å². The van der Waals surface area contributed by atoms with E-state index in [0.717, 1.165) is 16.7 Å². The van der Waals surface area contributed by atoms with Crippen molar-refractivity contribution in [3.63, 3.8) is 0 Å². The zero-order chi connectivity index (χ0) is 30.4. The Morgan fingerprint density at radius 1 is 0.857 bits per heavy atom. The lowest BCUT2D eigenvalue weighted by atomic mass is 9.71. The second-order valence-corrected chi connectivity index (χ2v) is 10.4. The van der Waals surface area contributed by atoms with Crippen molar-refractivity contribution >= 4 is 0 Å². The van der Waals surface area contributed by atoms with Crippen molar-refractivity contribution in [2.24, 2.45) is 0 Å². The van der Waals surface area contributed by atoms with Crippen molar-refractivity contribution in [1.29, 1.82) is 0 Å². The fraction of sp³-hybridized carbons (Fsp3) is 0.333. The van der Waals surface area contributed by atoms with E-state index in [1.165, 1.54) is 28.4 Å². The third-order valence-corrected chi connectivity index (χ3v) is 7.37. The van der Waals surface area contributed by atoms with E-state index in [0.29, 0.717) is 17.7 Å². The van der Waals surface area contributed by atoms with Gasteiger partial charge in [-0.05, 0) is 50.7 Å². The topological polar surface area (TPSA) is 86.2 Å². The molecule has 0 spiro atoms. The molecule has 0 amide bonds. The van der Waals surface area contributed by atoms with E-state index >= 15 is 4.39 Å². The average Bonchev–Trinajstić information content (AvgIpc) is 3.00. The van der Waals surface area contributed by atoms with Gasteiger partial charge in [0.05, 0.1) is 34.4 Å². The van der Waals surface area contributed by atoms with Crippen LogP contribution in [0, 0.1) is 12.7 Å². The highest BCUT2D eigenvalue weighted by atomic mass is 19.1.